The Morgan fingerprint density at radius 2 is 1.85 bits per heavy atom. The Kier molecular flexibility index (Phi) is 3.93. The first-order valence-electron chi connectivity index (χ1n) is 4.62. The van der Waals surface area contributed by atoms with Gasteiger partial charge < -0.3 is 10.2 Å². The fourth-order valence-electron chi connectivity index (χ4n) is 1.25. The molecule has 2 heteroatoms. The molecule has 72 valence electrons. The minimum Gasteiger partial charge on any atom is -0.396 e. The summed E-state index contributed by atoms with van der Waals surface area (Å²) < 4.78 is 0. The van der Waals surface area contributed by atoms with E-state index in [1.54, 1.807) is 6.92 Å². The zero-order chi connectivity index (χ0) is 9.68. The zero-order valence-corrected chi connectivity index (χ0v) is 7.90. The van der Waals surface area contributed by atoms with Crippen molar-refractivity contribution in [2.24, 2.45) is 0 Å². The van der Waals surface area contributed by atoms with Gasteiger partial charge in [0.25, 0.3) is 0 Å². The van der Waals surface area contributed by atoms with E-state index in [1.165, 1.54) is 5.56 Å². The van der Waals surface area contributed by atoms with Crippen molar-refractivity contribution in [1.82, 2.24) is 0 Å². The van der Waals surface area contributed by atoms with Crippen molar-refractivity contribution in [1.29, 1.82) is 0 Å². The summed E-state index contributed by atoms with van der Waals surface area (Å²) in [6, 6.07) is 7.85. The van der Waals surface area contributed by atoms with Crippen LogP contribution in [0.2, 0.25) is 0 Å². The van der Waals surface area contributed by atoms with Gasteiger partial charge >= 0.3 is 0 Å². The first-order valence-corrected chi connectivity index (χ1v) is 4.62. The highest BCUT2D eigenvalue weighted by Gasteiger charge is 1.99. The summed E-state index contributed by atoms with van der Waals surface area (Å²) in [5.41, 5.74) is 2.14. The van der Waals surface area contributed by atoms with Gasteiger partial charge in [-0.2, -0.15) is 0 Å². The first-order chi connectivity index (χ1) is 6.24. The third kappa shape index (κ3) is 3.17. The van der Waals surface area contributed by atoms with Crippen molar-refractivity contribution in [3.63, 3.8) is 0 Å². The van der Waals surface area contributed by atoms with E-state index in [9.17, 15) is 5.11 Å². The smallest absolute Gasteiger partial charge is 0.0761 e. The largest absolute Gasteiger partial charge is 0.396 e. The highest BCUT2D eigenvalue weighted by molar-refractivity contribution is 5.23. The van der Waals surface area contributed by atoms with Crippen molar-refractivity contribution in [2.45, 2.75) is 25.9 Å². The van der Waals surface area contributed by atoms with E-state index >= 15 is 0 Å². The quantitative estimate of drug-likeness (QED) is 0.740. The maximum absolute atomic E-state index is 9.25. The summed E-state index contributed by atoms with van der Waals surface area (Å²) in [6.45, 7) is 1.99. The molecule has 1 unspecified atom stereocenters. The minimum atomic E-state index is -0.396. The second-order valence-corrected chi connectivity index (χ2v) is 3.24. The molecule has 0 heterocycles. The van der Waals surface area contributed by atoms with E-state index in [1.807, 2.05) is 24.3 Å². The number of hydrogen-bond acceptors (Lipinski definition) is 2. The highest BCUT2D eigenvalue weighted by atomic mass is 16.3. The van der Waals surface area contributed by atoms with E-state index in [0.29, 0.717) is 0 Å². The molecule has 0 saturated carbocycles. The maximum Gasteiger partial charge on any atom is 0.0761 e. The van der Waals surface area contributed by atoms with E-state index in [0.717, 1.165) is 18.4 Å². The van der Waals surface area contributed by atoms with Crippen LogP contribution in [0.4, 0.5) is 0 Å². The summed E-state index contributed by atoms with van der Waals surface area (Å²) >= 11 is 0. The third-order valence-electron chi connectivity index (χ3n) is 2.09. The molecule has 1 rings (SSSR count). The number of aryl methyl sites for hydroxylation is 1. The summed E-state index contributed by atoms with van der Waals surface area (Å²) in [6.07, 6.45) is 1.30. The van der Waals surface area contributed by atoms with Crippen molar-refractivity contribution < 1.29 is 10.2 Å². The summed E-state index contributed by atoms with van der Waals surface area (Å²) in [5, 5.41) is 17.9. The van der Waals surface area contributed by atoms with Crippen molar-refractivity contribution in [3.05, 3.63) is 35.4 Å². The molecule has 1 atom stereocenters. The second-order valence-electron chi connectivity index (χ2n) is 3.24. The van der Waals surface area contributed by atoms with E-state index in [2.05, 4.69) is 0 Å². The van der Waals surface area contributed by atoms with Crippen molar-refractivity contribution in [3.8, 4) is 0 Å². The van der Waals surface area contributed by atoms with E-state index < -0.39 is 6.10 Å². The summed E-state index contributed by atoms with van der Waals surface area (Å²) in [5.74, 6) is 0. The molecule has 0 fully saturated rings. The van der Waals surface area contributed by atoms with Gasteiger partial charge in [-0.3, -0.25) is 0 Å². The predicted molar refractivity (Wildman–Crippen MR) is 52.5 cm³/mol. The Labute approximate surface area is 78.8 Å². The molecule has 0 radical (unpaired) electrons. The molecule has 2 nitrogen and oxygen atoms in total. The lowest BCUT2D eigenvalue weighted by Gasteiger charge is -2.05. The molecule has 1 aromatic carbocycles. The maximum atomic E-state index is 9.25. The van der Waals surface area contributed by atoms with Gasteiger partial charge in [-0.25, -0.2) is 0 Å². The number of rotatable bonds is 4. The average Bonchev–Trinajstić information content (AvgIpc) is 2.15. The van der Waals surface area contributed by atoms with Crippen molar-refractivity contribution in [2.75, 3.05) is 6.61 Å². The number of hydrogen-bond donors (Lipinski definition) is 2. The van der Waals surface area contributed by atoms with Crippen LogP contribution < -0.4 is 0 Å². The van der Waals surface area contributed by atoms with Crippen LogP contribution in [0.5, 0.6) is 0 Å². The van der Waals surface area contributed by atoms with Crippen LogP contribution >= 0.6 is 0 Å². The molecule has 2 N–H and O–H groups in total. The average molecular weight is 180 g/mol. The fourth-order valence-corrected chi connectivity index (χ4v) is 1.25. The number of aliphatic hydroxyl groups is 2. The van der Waals surface area contributed by atoms with Gasteiger partial charge in [-0.05, 0) is 30.9 Å². The van der Waals surface area contributed by atoms with Gasteiger partial charge in [0, 0.05) is 6.61 Å². The van der Waals surface area contributed by atoms with Crippen molar-refractivity contribution >= 4 is 0 Å². The van der Waals surface area contributed by atoms with Crippen LogP contribution in [0.15, 0.2) is 24.3 Å². The van der Waals surface area contributed by atoms with Crippen LogP contribution in [0, 0.1) is 0 Å². The van der Waals surface area contributed by atoms with Gasteiger partial charge in [0.2, 0.25) is 0 Å². The van der Waals surface area contributed by atoms with Crippen LogP contribution in [0.3, 0.4) is 0 Å². The molecular formula is C11H16O2. The molecule has 0 amide bonds. The molecule has 0 spiro atoms. The van der Waals surface area contributed by atoms with E-state index in [4.69, 9.17) is 5.11 Å². The zero-order valence-electron chi connectivity index (χ0n) is 7.90. The lowest BCUT2D eigenvalue weighted by molar-refractivity contribution is 0.199. The topological polar surface area (TPSA) is 40.5 Å². The second kappa shape index (κ2) is 5.00. The SMILES string of the molecule is CC(O)c1ccc(CCCO)cc1. The molecule has 0 aromatic heterocycles. The molecule has 0 saturated heterocycles. The standard InChI is InChI=1S/C11H16O2/c1-9(13)11-6-4-10(5-7-11)3-2-8-12/h4-7,9,12-13H,2-3,8H2,1H3. The fraction of sp³-hybridized carbons (Fsp3) is 0.455. The predicted octanol–water partition coefficient (Wildman–Crippen LogP) is 1.66. The van der Waals surface area contributed by atoms with Gasteiger partial charge in [0.1, 0.15) is 0 Å². The molecule has 0 bridgehead atoms. The van der Waals surface area contributed by atoms with Crippen LogP contribution in [0.1, 0.15) is 30.6 Å². The van der Waals surface area contributed by atoms with Gasteiger partial charge in [0.05, 0.1) is 6.10 Å². The lowest BCUT2D eigenvalue weighted by Crippen LogP contribution is -1.93. The van der Waals surface area contributed by atoms with Crippen LogP contribution in [0.25, 0.3) is 0 Å². The summed E-state index contributed by atoms with van der Waals surface area (Å²) in [4.78, 5) is 0. The molecule has 0 aliphatic heterocycles. The number of aliphatic hydroxyl groups excluding tert-OH is 2. The normalized spacial score (nSPS) is 12.8. The molecular weight excluding hydrogens is 164 g/mol. The summed E-state index contributed by atoms with van der Waals surface area (Å²) in [7, 11) is 0. The highest BCUT2D eigenvalue weighted by Crippen LogP contribution is 2.13. The molecule has 13 heavy (non-hydrogen) atoms. The van der Waals surface area contributed by atoms with Gasteiger partial charge in [-0.1, -0.05) is 24.3 Å². The molecule has 0 aliphatic rings. The Bertz CT molecular complexity index is 239. The van der Waals surface area contributed by atoms with E-state index in [-0.39, 0.29) is 6.61 Å². The Hall–Kier alpha value is -0.860. The van der Waals surface area contributed by atoms with Crippen LogP contribution in [-0.2, 0) is 6.42 Å². The lowest BCUT2D eigenvalue weighted by atomic mass is 10.1. The Balaban J connectivity index is 2.59. The Morgan fingerprint density at radius 3 is 2.31 bits per heavy atom. The Morgan fingerprint density at radius 1 is 1.23 bits per heavy atom. The third-order valence-corrected chi connectivity index (χ3v) is 2.09. The first kappa shape index (κ1) is 10.2. The molecule has 1 aromatic rings. The molecule has 0 aliphatic carbocycles. The minimum absolute atomic E-state index is 0.234. The van der Waals surface area contributed by atoms with Gasteiger partial charge in [0.15, 0.2) is 0 Å². The van der Waals surface area contributed by atoms with Gasteiger partial charge in [-0.15, -0.1) is 0 Å². The number of benzene rings is 1. The van der Waals surface area contributed by atoms with Crippen LogP contribution in [-0.4, -0.2) is 16.8 Å². The monoisotopic (exact) mass is 180 g/mol.